The van der Waals surface area contributed by atoms with Crippen molar-refractivity contribution < 1.29 is 18.3 Å². The van der Waals surface area contributed by atoms with Crippen LogP contribution >= 0.6 is 11.6 Å². The van der Waals surface area contributed by atoms with Crippen LogP contribution in [0.4, 0.5) is 0 Å². The Morgan fingerprint density at radius 1 is 1.25 bits per heavy atom. The molecule has 1 aliphatic carbocycles. The van der Waals surface area contributed by atoms with Gasteiger partial charge < -0.3 is 5.11 Å². The van der Waals surface area contributed by atoms with Gasteiger partial charge in [0.2, 0.25) is 10.0 Å². The Morgan fingerprint density at radius 3 is 2.45 bits per heavy atom. The van der Waals surface area contributed by atoms with E-state index in [0.717, 1.165) is 32.1 Å². The van der Waals surface area contributed by atoms with Gasteiger partial charge in [-0.1, -0.05) is 30.9 Å². The van der Waals surface area contributed by atoms with Gasteiger partial charge in [-0.25, -0.2) is 17.9 Å². The Kier molecular flexibility index (Phi) is 4.67. The summed E-state index contributed by atoms with van der Waals surface area (Å²) < 4.78 is 27.1. The van der Waals surface area contributed by atoms with Crippen molar-refractivity contribution in [1.82, 2.24) is 4.72 Å². The fourth-order valence-electron chi connectivity index (χ4n) is 2.34. The van der Waals surface area contributed by atoms with Gasteiger partial charge >= 0.3 is 5.97 Å². The van der Waals surface area contributed by atoms with Crippen molar-refractivity contribution in [2.45, 2.75) is 43.0 Å². The molecule has 0 heterocycles. The zero-order valence-electron chi connectivity index (χ0n) is 10.8. The average molecular weight is 318 g/mol. The number of hydrogen-bond acceptors (Lipinski definition) is 3. The normalized spacial score (nSPS) is 17.1. The molecule has 110 valence electrons. The van der Waals surface area contributed by atoms with Gasteiger partial charge in [0, 0.05) is 6.04 Å². The molecule has 1 saturated carbocycles. The average Bonchev–Trinajstić information content (AvgIpc) is 2.38. The lowest BCUT2D eigenvalue weighted by atomic mass is 9.96. The van der Waals surface area contributed by atoms with E-state index in [1.54, 1.807) is 0 Å². The molecule has 1 aromatic carbocycles. The molecule has 0 saturated heterocycles. The fraction of sp³-hybridized carbons (Fsp3) is 0.462. The van der Waals surface area contributed by atoms with Crippen LogP contribution in [0.15, 0.2) is 23.1 Å². The molecule has 0 unspecified atom stereocenters. The minimum Gasteiger partial charge on any atom is -0.478 e. The standard InChI is InChI=1S/C13H16ClNO4S/c14-12-8-10(6-7-11(12)13(16)17)20(18,19)15-9-4-2-1-3-5-9/h6-9,15H,1-5H2,(H,16,17). The van der Waals surface area contributed by atoms with Crippen molar-refractivity contribution in [1.29, 1.82) is 0 Å². The van der Waals surface area contributed by atoms with Crippen molar-refractivity contribution in [3.8, 4) is 0 Å². The third kappa shape index (κ3) is 3.50. The summed E-state index contributed by atoms with van der Waals surface area (Å²) in [5.41, 5.74) is -0.108. The molecule has 1 fully saturated rings. The maximum atomic E-state index is 12.2. The molecule has 2 rings (SSSR count). The Bertz CT molecular complexity index is 609. The summed E-state index contributed by atoms with van der Waals surface area (Å²) in [6.45, 7) is 0. The number of carboxylic acid groups (broad SMARTS) is 1. The van der Waals surface area contributed by atoms with E-state index in [4.69, 9.17) is 16.7 Å². The maximum Gasteiger partial charge on any atom is 0.337 e. The van der Waals surface area contributed by atoms with Crippen molar-refractivity contribution in [3.05, 3.63) is 28.8 Å². The number of carbonyl (C=O) groups is 1. The summed E-state index contributed by atoms with van der Waals surface area (Å²) in [5, 5.41) is 8.79. The first-order chi connectivity index (χ1) is 9.40. The molecular weight excluding hydrogens is 302 g/mol. The number of nitrogens with one attached hydrogen (secondary N) is 1. The molecule has 0 bridgehead atoms. The van der Waals surface area contributed by atoms with Crippen molar-refractivity contribution in [3.63, 3.8) is 0 Å². The number of rotatable bonds is 4. The summed E-state index contributed by atoms with van der Waals surface area (Å²) in [7, 11) is -3.65. The van der Waals surface area contributed by atoms with E-state index in [1.165, 1.54) is 18.2 Å². The first-order valence-corrected chi connectivity index (χ1v) is 8.31. The highest BCUT2D eigenvalue weighted by molar-refractivity contribution is 7.89. The maximum absolute atomic E-state index is 12.2. The van der Waals surface area contributed by atoms with Crippen LogP contribution in [0.5, 0.6) is 0 Å². The van der Waals surface area contributed by atoms with Gasteiger partial charge in [-0.05, 0) is 31.0 Å². The highest BCUT2D eigenvalue weighted by Gasteiger charge is 2.23. The zero-order valence-corrected chi connectivity index (χ0v) is 12.4. The van der Waals surface area contributed by atoms with Gasteiger partial charge in [0.15, 0.2) is 0 Å². The van der Waals surface area contributed by atoms with Gasteiger partial charge in [-0.15, -0.1) is 0 Å². The Morgan fingerprint density at radius 2 is 1.90 bits per heavy atom. The predicted molar refractivity (Wildman–Crippen MR) is 75.6 cm³/mol. The third-order valence-electron chi connectivity index (χ3n) is 3.41. The number of halogens is 1. The van der Waals surface area contributed by atoms with Crippen LogP contribution in [-0.2, 0) is 10.0 Å². The topological polar surface area (TPSA) is 83.5 Å². The Balaban J connectivity index is 2.20. The van der Waals surface area contributed by atoms with Crippen LogP contribution in [0.25, 0.3) is 0 Å². The molecule has 0 amide bonds. The molecular formula is C13H16ClNO4S. The molecule has 2 N–H and O–H groups in total. The minimum absolute atomic E-state index is 0.00178. The van der Waals surface area contributed by atoms with E-state index >= 15 is 0 Å². The predicted octanol–water partition coefficient (Wildman–Crippen LogP) is 2.65. The van der Waals surface area contributed by atoms with Crippen LogP contribution in [0.3, 0.4) is 0 Å². The fourth-order valence-corrected chi connectivity index (χ4v) is 4.00. The van der Waals surface area contributed by atoms with Crippen molar-refractivity contribution in [2.75, 3.05) is 0 Å². The summed E-state index contributed by atoms with van der Waals surface area (Å²) in [4.78, 5) is 10.8. The van der Waals surface area contributed by atoms with Crippen LogP contribution in [-0.4, -0.2) is 25.5 Å². The second-order valence-electron chi connectivity index (χ2n) is 4.90. The first-order valence-electron chi connectivity index (χ1n) is 6.45. The van der Waals surface area contributed by atoms with E-state index in [-0.39, 0.29) is 21.5 Å². The van der Waals surface area contributed by atoms with Crippen molar-refractivity contribution in [2.24, 2.45) is 0 Å². The van der Waals surface area contributed by atoms with Crippen LogP contribution in [0, 0.1) is 0 Å². The van der Waals surface area contributed by atoms with Gasteiger partial charge in [0.1, 0.15) is 0 Å². The number of carboxylic acids is 1. The quantitative estimate of drug-likeness (QED) is 0.894. The lowest BCUT2D eigenvalue weighted by molar-refractivity contribution is 0.0697. The second-order valence-corrected chi connectivity index (χ2v) is 7.02. The smallest absolute Gasteiger partial charge is 0.337 e. The molecule has 20 heavy (non-hydrogen) atoms. The van der Waals surface area contributed by atoms with Crippen molar-refractivity contribution >= 4 is 27.6 Å². The van der Waals surface area contributed by atoms with Gasteiger partial charge in [0.25, 0.3) is 0 Å². The van der Waals surface area contributed by atoms with E-state index < -0.39 is 16.0 Å². The molecule has 0 spiro atoms. The number of aromatic carboxylic acids is 1. The summed E-state index contributed by atoms with van der Waals surface area (Å²) in [6.07, 6.45) is 4.84. The third-order valence-corrected chi connectivity index (χ3v) is 5.24. The van der Waals surface area contributed by atoms with E-state index in [9.17, 15) is 13.2 Å². The summed E-state index contributed by atoms with van der Waals surface area (Å²) in [5.74, 6) is -1.18. The molecule has 1 aliphatic rings. The lowest BCUT2D eigenvalue weighted by Crippen LogP contribution is -2.36. The number of sulfonamides is 1. The first kappa shape index (κ1) is 15.3. The van der Waals surface area contributed by atoms with E-state index in [1.807, 2.05) is 0 Å². The Labute approximate surface area is 123 Å². The highest BCUT2D eigenvalue weighted by atomic mass is 35.5. The van der Waals surface area contributed by atoms with E-state index in [0.29, 0.717) is 0 Å². The van der Waals surface area contributed by atoms with E-state index in [2.05, 4.69) is 4.72 Å². The molecule has 0 aromatic heterocycles. The lowest BCUT2D eigenvalue weighted by Gasteiger charge is -2.22. The molecule has 7 heteroatoms. The summed E-state index contributed by atoms with van der Waals surface area (Å²) >= 11 is 5.80. The summed E-state index contributed by atoms with van der Waals surface area (Å²) in [6, 6.07) is 3.60. The molecule has 0 atom stereocenters. The highest BCUT2D eigenvalue weighted by Crippen LogP contribution is 2.23. The molecule has 1 aromatic rings. The Hall–Kier alpha value is -1.11. The van der Waals surface area contributed by atoms with Gasteiger partial charge in [-0.2, -0.15) is 0 Å². The molecule has 0 aliphatic heterocycles. The minimum atomic E-state index is -3.65. The van der Waals surface area contributed by atoms with Crippen LogP contribution in [0.1, 0.15) is 42.5 Å². The van der Waals surface area contributed by atoms with Gasteiger partial charge in [-0.3, -0.25) is 0 Å². The zero-order chi connectivity index (χ0) is 14.8. The monoisotopic (exact) mass is 317 g/mol. The molecule has 5 nitrogen and oxygen atoms in total. The SMILES string of the molecule is O=C(O)c1ccc(S(=O)(=O)NC2CCCCC2)cc1Cl. The second kappa shape index (κ2) is 6.11. The largest absolute Gasteiger partial charge is 0.478 e. The van der Waals surface area contributed by atoms with Crippen LogP contribution < -0.4 is 4.72 Å². The van der Waals surface area contributed by atoms with Gasteiger partial charge in [0.05, 0.1) is 15.5 Å². The van der Waals surface area contributed by atoms with Crippen LogP contribution in [0.2, 0.25) is 5.02 Å². The number of benzene rings is 1. The number of hydrogen-bond donors (Lipinski definition) is 2. The molecule has 0 radical (unpaired) electrons.